The fourth-order valence-corrected chi connectivity index (χ4v) is 5.26. The molecule has 1 unspecified atom stereocenters. The normalized spacial score (nSPS) is 17.6. The third-order valence-corrected chi connectivity index (χ3v) is 6.91. The molecule has 162 valence electrons. The van der Waals surface area contributed by atoms with Gasteiger partial charge in [-0.15, -0.1) is 0 Å². The second kappa shape index (κ2) is 10.0. The summed E-state index contributed by atoms with van der Waals surface area (Å²) in [4.78, 5) is 24.4. The quantitative estimate of drug-likeness (QED) is 0.445. The van der Waals surface area contributed by atoms with Gasteiger partial charge >= 0.3 is 5.97 Å². The van der Waals surface area contributed by atoms with Crippen LogP contribution in [0.1, 0.15) is 44.1 Å². The van der Waals surface area contributed by atoms with Crippen molar-refractivity contribution < 1.29 is 28.0 Å². The van der Waals surface area contributed by atoms with E-state index in [0.29, 0.717) is 30.6 Å². The number of carboxylic acid groups (broad SMARTS) is 1. The van der Waals surface area contributed by atoms with Gasteiger partial charge in [0, 0.05) is 31.7 Å². The van der Waals surface area contributed by atoms with Gasteiger partial charge in [-0.3, -0.25) is 14.9 Å². The summed E-state index contributed by atoms with van der Waals surface area (Å²) in [7, 11) is -1.58. The van der Waals surface area contributed by atoms with Crippen molar-refractivity contribution in [1.82, 2.24) is 0 Å². The minimum absolute atomic E-state index is 0.0816. The highest BCUT2D eigenvalue weighted by molar-refractivity contribution is 7.91. The number of benzene rings is 1. The van der Waals surface area contributed by atoms with E-state index in [1.54, 1.807) is 12.1 Å². The molecular weight excluding hydrogens is 400 g/mol. The van der Waals surface area contributed by atoms with Gasteiger partial charge in [-0.1, -0.05) is 13.0 Å². The molecule has 1 aromatic rings. The molecule has 29 heavy (non-hydrogen) atoms. The summed E-state index contributed by atoms with van der Waals surface area (Å²) >= 11 is 0. The van der Waals surface area contributed by atoms with Crippen LogP contribution in [-0.4, -0.2) is 62.2 Å². The summed E-state index contributed by atoms with van der Waals surface area (Å²) in [6.45, 7) is 2.68. The van der Waals surface area contributed by atoms with Crippen LogP contribution in [0.4, 0.5) is 11.4 Å². The number of aliphatic carboxylic acids is 1. The minimum atomic E-state index is -3.04. The average Bonchev–Trinajstić information content (AvgIpc) is 2.65. The van der Waals surface area contributed by atoms with Crippen molar-refractivity contribution in [3.63, 3.8) is 0 Å². The van der Waals surface area contributed by atoms with Crippen LogP contribution in [0.25, 0.3) is 0 Å². The summed E-state index contributed by atoms with van der Waals surface area (Å²) in [5.41, 5.74) is 0.875. The molecule has 1 aliphatic rings. The smallest absolute Gasteiger partial charge is 0.304 e. The van der Waals surface area contributed by atoms with Gasteiger partial charge in [-0.25, -0.2) is 8.42 Å². The summed E-state index contributed by atoms with van der Waals surface area (Å²) in [6.07, 6.45) is 1.44. The SMILES string of the molecule is CCCN(c1ccc(C(COC)CC(=O)O)cc1[N+](=O)[O-])C1CCS(=O)(=O)CC1. The van der Waals surface area contributed by atoms with Gasteiger partial charge in [0.25, 0.3) is 5.69 Å². The predicted molar refractivity (Wildman–Crippen MR) is 109 cm³/mol. The molecule has 1 N–H and O–H groups in total. The molecule has 1 fully saturated rings. The maximum absolute atomic E-state index is 11.8. The van der Waals surface area contributed by atoms with Crippen molar-refractivity contribution in [3.05, 3.63) is 33.9 Å². The van der Waals surface area contributed by atoms with E-state index in [2.05, 4.69) is 0 Å². The maximum atomic E-state index is 11.8. The Kier molecular flexibility index (Phi) is 7.97. The Morgan fingerprint density at radius 1 is 1.38 bits per heavy atom. The van der Waals surface area contributed by atoms with Crippen LogP contribution in [0.5, 0.6) is 0 Å². The molecular formula is C19H28N2O7S. The molecule has 9 nitrogen and oxygen atoms in total. The second-order valence-electron chi connectivity index (χ2n) is 7.33. The number of hydrogen-bond donors (Lipinski definition) is 1. The van der Waals surface area contributed by atoms with Gasteiger partial charge in [0.2, 0.25) is 0 Å². The van der Waals surface area contributed by atoms with Crippen molar-refractivity contribution in [2.75, 3.05) is 36.7 Å². The Morgan fingerprint density at radius 3 is 2.55 bits per heavy atom. The average molecular weight is 429 g/mol. The number of rotatable bonds is 10. The Labute approximate surface area is 170 Å². The summed E-state index contributed by atoms with van der Waals surface area (Å²) < 4.78 is 28.6. The van der Waals surface area contributed by atoms with E-state index in [9.17, 15) is 23.3 Å². The van der Waals surface area contributed by atoms with E-state index in [0.717, 1.165) is 6.42 Å². The largest absolute Gasteiger partial charge is 0.481 e. The zero-order chi connectivity index (χ0) is 21.6. The number of nitro benzene ring substituents is 1. The van der Waals surface area contributed by atoms with Gasteiger partial charge in [0.05, 0.1) is 29.5 Å². The number of sulfone groups is 1. The van der Waals surface area contributed by atoms with E-state index in [1.807, 2.05) is 11.8 Å². The van der Waals surface area contributed by atoms with Gasteiger partial charge in [-0.05, 0) is 30.9 Å². The number of carbonyl (C=O) groups is 1. The third-order valence-electron chi connectivity index (χ3n) is 5.20. The first-order valence-electron chi connectivity index (χ1n) is 9.64. The Morgan fingerprint density at radius 2 is 2.03 bits per heavy atom. The number of methoxy groups -OCH3 is 1. The van der Waals surface area contributed by atoms with Crippen molar-refractivity contribution >= 4 is 27.2 Å². The van der Waals surface area contributed by atoms with Crippen LogP contribution in [-0.2, 0) is 19.4 Å². The highest BCUT2D eigenvalue weighted by atomic mass is 32.2. The number of anilines is 1. The zero-order valence-corrected chi connectivity index (χ0v) is 17.6. The lowest BCUT2D eigenvalue weighted by molar-refractivity contribution is -0.384. The van der Waals surface area contributed by atoms with Gasteiger partial charge in [-0.2, -0.15) is 0 Å². The molecule has 1 aromatic carbocycles. The molecule has 0 aliphatic carbocycles. The van der Waals surface area contributed by atoms with Crippen molar-refractivity contribution in [1.29, 1.82) is 0 Å². The van der Waals surface area contributed by atoms with Crippen LogP contribution in [0.3, 0.4) is 0 Å². The molecule has 0 amide bonds. The first kappa shape index (κ1) is 23.1. The number of nitro groups is 1. The predicted octanol–water partition coefficient (Wildman–Crippen LogP) is 2.59. The Balaban J connectivity index is 2.41. The van der Waals surface area contributed by atoms with Crippen molar-refractivity contribution in [2.24, 2.45) is 0 Å². The Bertz CT molecular complexity index is 827. The monoisotopic (exact) mass is 428 g/mol. The fraction of sp³-hybridized carbons (Fsp3) is 0.632. The van der Waals surface area contributed by atoms with Gasteiger partial charge in [0.15, 0.2) is 0 Å². The van der Waals surface area contributed by atoms with Crippen LogP contribution in [0.2, 0.25) is 0 Å². The molecule has 1 saturated heterocycles. The van der Waals surface area contributed by atoms with E-state index in [4.69, 9.17) is 9.84 Å². The molecule has 0 aromatic heterocycles. The summed E-state index contributed by atoms with van der Waals surface area (Å²) in [5, 5.41) is 20.9. The highest BCUT2D eigenvalue weighted by Crippen LogP contribution is 2.36. The lowest BCUT2D eigenvalue weighted by atomic mass is 9.95. The Hall–Kier alpha value is -2.20. The standard InChI is InChI=1S/C19H28N2O7S/c1-3-8-20(16-6-9-29(26,27)10-7-16)17-5-4-14(11-18(17)21(24)25)15(13-28-2)12-19(22)23/h4-5,11,15-16H,3,6-10,12-13H2,1-2H3,(H,22,23). The lowest BCUT2D eigenvalue weighted by Crippen LogP contribution is -2.42. The van der Waals surface area contributed by atoms with E-state index < -0.39 is 26.6 Å². The lowest BCUT2D eigenvalue weighted by Gasteiger charge is -2.35. The highest BCUT2D eigenvalue weighted by Gasteiger charge is 2.31. The molecule has 0 radical (unpaired) electrons. The molecule has 0 saturated carbocycles. The molecule has 1 aliphatic heterocycles. The first-order chi connectivity index (χ1) is 13.7. The zero-order valence-electron chi connectivity index (χ0n) is 16.7. The second-order valence-corrected chi connectivity index (χ2v) is 9.64. The van der Waals surface area contributed by atoms with Crippen LogP contribution < -0.4 is 4.90 Å². The fourth-order valence-electron chi connectivity index (χ4n) is 3.80. The molecule has 0 bridgehead atoms. The molecule has 0 spiro atoms. The topological polar surface area (TPSA) is 127 Å². The molecule has 10 heteroatoms. The van der Waals surface area contributed by atoms with Crippen molar-refractivity contribution in [3.8, 4) is 0 Å². The number of carboxylic acids is 1. The summed E-state index contributed by atoms with van der Waals surface area (Å²) in [6, 6.07) is 4.69. The molecule has 1 atom stereocenters. The van der Waals surface area contributed by atoms with Gasteiger partial charge < -0.3 is 14.7 Å². The maximum Gasteiger partial charge on any atom is 0.304 e. The van der Waals surface area contributed by atoms with Crippen LogP contribution >= 0.6 is 0 Å². The molecule has 2 rings (SSSR count). The third kappa shape index (κ3) is 6.14. The first-order valence-corrected chi connectivity index (χ1v) is 11.5. The molecule has 1 heterocycles. The van der Waals surface area contributed by atoms with Crippen LogP contribution in [0, 0.1) is 10.1 Å². The van der Waals surface area contributed by atoms with E-state index >= 15 is 0 Å². The van der Waals surface area contributed by atoms with Crippen LogP contribution in [0.15, 0.2) is 18.2 Å². The number of hydrogen-bond acceptors (Lipinski definition) is 7. The van der Waals surface area contributed by atoms with E-state index in [-0.39, 0.29) is 36.3 Å². The minimum Gasteiger partial charge on any atom is -0.481 e. The van der Waals surface area contributed by atoms with Gasteiger partial charge in [0.1, 0.15) is 15.5 Å². The number of ether oxygens (including phenoxy) is 1. The number of nitrogens with zero attached hydrogens (tertiary/aromatic N) is 2. The van der Waals surface area contributed by atoms with Crippen molar-refractivity contribution in [2.45, 2.75) is 44.6 Å². The summed E-state index contributed by atoms with van der Waals surface area (Å²) in [5.74, 6) is -1.34. The van der Waals surface area contributed by atoms with E-state index in [1.165, 1.54) is 13.2 Å².